The molecular weight excluding hydrogens is 319 g/mol. The molecule has 0 saturated carbocycles. The first-order valence-corrected chi connectivity index (χ1v) is 7.35. The summed E-state index contributed by atoms with van der Waals surface area (Å²) in [5.74, 6) is -0.179. The van der Waals surface area contributed by atoms with E-state index in [1.807, 2.05) is 45.2 Å². The van der Waals surface area contributed by atoms with Gasteiger partial charge < -0.3 is 5.32 Å². The minimum atomic E-state index is -0.179. The molecule has 0 aliphatic rings. The van der Waals surface area contributed by atoms with E-state index >= 15 is 0 Å². The van der Waals surface area contributed by atoms with Crippen LogP contribution >= 0.6 is 15.9 Å². The molecule has 1 unspecified atom stereocenters. The van der Waals surface area contributed by atoms with Crippen LogP contribution in [0.2, 0.25) is 0 Å². The van der Waals surface area contributed by atoms with Crippen LogP contribution in [0.3, 0.4) is 0 Å². The summed E-state index contributed by atoms with van der Waals surface area (Å²) >= 11 is 3.28. The lowest BCUT2D eigenvalue weighted by molar-refractivity contribution is 0.553. The molecular formula is C16H18BrFN2. The normalized spacial score (nSPS) is 12.4. The van der Waals surface area contributed by atoms with Crippen molar-refractivity contribution in [1.82, 2.24) is 10.3 Å². The highest BCUT2D eigenvalue weighted by atomic mass is 79.9. The van der Waals surface area contributed by atoms with E-state index in [0.29, 0.717) is 12.0 Å². The lowest BCUT2D eigenvalue weighted by Gasteiger charge is -2.18. The van der Waals surface area contributed by atoms with Crippen LogP contribution in [0.4, 0.5) is 4.39 Å². The molecule has 0 aliphatic heterocycles. The summed E-state index contributed by atoms with van der Waals surface area (Å²) in [5.41, 5.74) is 3.81. The molecule has 0 aliphatic carbocycles. The van der Waals surface area contributed by atoms with Crippen LogP contribution in [0.5, 0.6) is 0 Å². The van der Waals surface area contributed by atoms with E-state index in [-0.39, 0.29) is 11.9 Å². The maximum atomic E-state index is 14.0. The SMILES string of the molecule is CNC(Cc1ccc(Br)cc1F)c1cc(C)nc(C)c1. The van der Waals surface area contributed by atoms with Gasteiger partial charge in [-0.1, -0.05) is 22.0 Å². The standard InChI is InChI=1S/C16H18BrFN2/c1-10-6-13(7-11(2)20-10)16(19-3)8-12-4-5-14(17)9-15(12)18/h4-7,9,16,19H,8H2,1-3H3. The first-order chi connectivity index (χ1) is 9.49. The molecule has 106 valence electrons. The summed E-state index contributed by atoms with van der Waals surface area (Å²) in [6.45, 7) is 3.95. The van der Waals surface area contributed by atoms with Crippen molar-refractivity contribution in [2.45, 2.75) is 26.3 Å². The minimum absolute atomic E-state index is 0.0751. The topological polar surface area (TPSA) is 24.9 Å². The summed E-state index contributed by atoms with van der Waals surface area (Å²) in [6, 6.07) is 9.37. The van der Waals surface area contributed by atoms with Crippen molar-refractivity contribution in [1.29, 1.82) is 0 Å². The van der Waals surface area contributed by atoms with Crippen molar-refractivity contribution < 1.29 is 4.39 Å². The van der Waals surface area contributed by atoms with Gasteiger partial charge in [-0.05, 0) is 62.7 Å². The van der Waals surface area contributed by atoms with Crippen LogP contribution in [-0.4, -0.2) is 12.0 Å². The van der Waals surface area contributed by atoms with Crippen molar-refractivity contribution in [3.05, 3.63) is 63.1 Å². The van der Waals surface area contributed by atoms with Crippen LogP contribution in [0.15, 0.2) is 34.8 Å². The van der Waals surface area contributed by atoms with Crippen LogP contribution in [0.1, 0.15) is 28.6 Å². The van der Waals surface area contributed by atoms with Crippen molar-refractivity contribution in [2.75, 3.05) is 7.05 Å². The largest absolute Gasteiger partial charge is 0.313 e. The van der Waals surface area contributed by atoms with E-state index in [1.165, 1.54) is 6.07 Å². The number of nitrogens with one attached hydrogen (secondary N) is 1. The smallest absolute Gasteiger partial charge is 0.127 e. The zero-order chi connectivity index (χ0) is 14.7. The number of halogens is 2. The van der Waals surface area contributed by atoms with E-state index in [0.717, 1.165) is 21.4 Å². The van der Waals surface area contributed by atoms with Crippen LogP contribution < -0.4 is 5.32 Å². The average Bonchev–Trinajstić information content (AvgIpc) is 2.36. The van der Waals surface area contributed by atoms with Gasteiger partial charge in [-0.3, -0.25) is 4.98 Å². The zero-order valence-electron chi connectivity index (χ0n) is 11.9. The van der Waals surface area contributed by atoms with Crippen molar-refractivity contribution in [3.8, 4) is 0 Å². The molecule has 2 nitrogen and oxygen atoms in total. The Morgan fingerprint density at radius 3 is 2.40 bits per heavy atom. The molecule has 0 fully saturated rings. The molecule has 2 aromatic rings. The minimum Gasteiger partial charge on any atom is -0.313 e. The summed E-state index contributed by atoms with van der Waals surface area (Å²) in [6.07, 6.45) is 0.610. The first kappa shape index (κ1) is 15.1. The van der Waals surface area contributed by atoms with Gasteiger partial charge in [0.05, 0.1) is 0 Å². The predicted octanol–water partition coefficient (Wildman–Crippen LogP) is 4.10. The summed E-state index contributed by atoms with van der Waals surface area (Å²) in [4.78, 5) is 4.38. The van der Waals surface area contributed by atoms with E-state index in [2.05, 4.69) is 26.2 Å². The van der Waals surface area contributed by atoms with Gasteiger partial charge in [0.1, 0.15) is 5.82 Å². The van der Waals surface area contributed by atoms with Gasteiger partial charge in [-0.25, -0.2) is 4.39 Å². The summed E-state index contributed by atoms with van der Waals surface area (Å²) < 4.78 is 14.7. The third-order valence-electron chi connectivity index (χ3n) is 3.29. The number of benzene rings is 1. The Labute approximate surface area is 127 Å². The van der Waals surface area contributed by atoms with Crippen LogP contribution in [0.25, 0.3) is 0 Å². The third kappa shape index (κ3) is 3.64. The molecule has 20 heavy (non-hydrogen) atoms. The molecule has 0 bridgehead atoms. The summed E-state index contributed by atoms with van der Waals surface area (Å²) in [5, 5.41) is 3.26. The highest BCUT2D eigenvalue weighted by molar-refractivity contribution is 9.10. The Morgan fingerprint density at radius 2 is 1.85 bits per heavy atom. The summed E-state index contributed by atoms with van der Waals surface area (Å²) in [7, 11) is 1.90. The Hall–Kier alpha value is -1.26. The number of hydrogen-bond acceptors (Lipinski definition) is 2. The van der Waals surface area contributed by atoms with Gasteiger partial charge in [0.15, 0.2) is 0 Å². The van der Waals surface area contributed by atoms with E-state index < -0.39 is 0 Å². The molecule has 0 spiro atoms. The number of aromatic nitrogens is 1. The third-order valence-corrected chi connectivity index (χ3v) is 3.79. The zero-order valence-corrected chi connectivity index (χ0v) is 13.5. The van der Waals surface area contributed by atoms with Crippen molar-refractivity contribution in [3.63, 3.8) is 0 Å². The Bertz CT molecular complexity index is 593. The fraction of sp³-hybridized carbons (Fsp3) is 0.312. The van der Waals surface area contributed by atoms with E-state index in [9.17, 15) is 4.39 Å². The van der Waals surface area contributed by atoms with E-state index in [1.54, 1.807) is 0 Å². The number of nitrogens with zero attached hydrogens (tertiary/aromatic N) is 1. The second kappa shape index (κ2) is 6.46. The molecule has 1 atom stereocenters. The fourth-order valence-electron chi connectivity index (χ4n) is 2.36. The monoisotopic (exact) mass is 336 g/mol. The van der Waals surface area contributed by atoms with Crippen LogP contribution in [-0.2, 0) is 6.42 Å². The van der Waals surface area contributed by atoms with Gasteiger partial charge in [0.25, 0.3) is 0 Å². The highest BCUT2D eigenvalue weighted by Crippen LogP contribution is 2.23. The number of pyridine rings is 1. The van der Waals surface area contributed by atoms with Gasteiger partial charge in [-0.15, -0.1) is 0 Å². The number of aryl methyl sites for hydroxylation is 2. The second-order valence-corrected chi connectivity index (χ2v) is 5.88. The second-order valence-electron chi connectivity index (χ2n) is 4.96. The van der Waals surface area contributed by atoms with E-state index in [4.69, 9.17) is 0 Å². The molecule has 1 N–H and O–H groups in total. The molecule has 0 amide bonds. The van der Waals surface area contributed by atoms with Crippen molar-refractivity contribution >= 4 is 15.9 Å². The Balaban J connectivity index is 2.28. The average molecular weight is 337 g/mol. The number of likely N-dealkylation sites (N-methyl/N-ethyl adjacent to an activating group) is 1. The molecule has 2 rings (SSSR count). The lowest BCUT2D eigenvalue weighted by Crippen LogP contribution is -2.20. The van der Waals surface area contributed by atoms with Gasteiger partial charge in [0.2, 0.25) is 0 Å². The first-order valence-electron chi connectivity index (χ1n) is 6.56. The molecule has 1 aromatic heterocycles. The van der Waals surface area contributed by atoms with Gasteiger partial charge in [0, 0.05) is 21.9 Å². The van der Waals surface area contributed by atoms with Gasteiger partial charge >= 0.3 is 0 Å². The number of rotatable bonds is 4. The van der Waals surface area contributed by atoms with Crippen molar-refractivity contribution in [2.24, 2.45) is 0 Å². The Kier molecular flexibility index (Phi) is 4.89. The maximum Gasteiger partial charge on any atom is 0.127 e. The molecule has 0 radical (unpaired) electrons. The predicted molar refractivity (Wildman–Crippen MR) is 83.3 cm³/mol. The Morgan fingerprint density at radius 1 is 1.20 bits per heavy atom. The molecule has 4 heteroatoms. The van der Waals surface area contributed by atoms with Gasteiger partial charge in [-0.2, -0.15) is 0 Å². The maximum absolute atomic E-state index is 14.0. The van der Waals surface area contributed by atoms with Crippen LogP contribution in [0, 0.1) is 19.7 Å². The molecule has 1 aromatic carbocycles. The fourth-order valence-corrected chi connectivity index (χ4v) is 2.69. The quantitative estimate of drug-likeness (QED) is 0.908. The lowest BCUT2D eigenvalue weighted by atomic mass is 9.98. The molecule has 0 saturated heterocycles. The highest BCUT2D eigenvalue weighted by Gasteiger charge is 2.14. The molecule has 1 heterocycles. The number of hydrogen-bond donors (Lipinski definition) is 1.